The molecule has 162 valence electrons. The first-order valence-electron chi connectivity index (χ1n) is 10.3. The summed E-state index contributed by atoms with van der Waals surface area (Å²) >= 11 is 7.74. The second-order valence-electron chi connectivity index (χ2n) is 7.91. The second kappa shape index (κ2) is 7.94. The van der Waals surface area contributed by atoms with Crippen molar-refractivity contribution in [2.75, 3.05) is 17.2 Å². The van der Waals surface area contributed by atoms with Crippen LogP contribution in [0.3, 0.4) is 0 Å². The number of hydrogen-bond donors (Lipinski definition) is 0. The van der Waals surface area contributed by atoms with Gasteiger partial charge in [0.15, 0.2) is 4.87 Å². The van der Waals surface area contributed by atoms with Crippen molar-refractivity contribution in [3.8, 4) is 0 Å². The molecule has 2 amide bonds. The first-order valence-corrected chi connectivity index (χ1v) is 11.7. The van der Waals surface area contributed by atoms with Crippen molar-refractivity contribution in [3.05, 3.63) is 99.8 Å². The highest BCUT2D eigenvalue weighted by atomic mass is 35.5. The standard InChI is InChI=1S/C25H20ClFN2O2S/c1-16-6-2-4-8-19(16)23(30)29-12-13-32-25(29)20-14-18(27)10-11-22(20)28(24(25)31)15-17-7-3-5-9-21(17)26/h2-11,14H,12-13,15H2,1H3. The quantitative estimate of drug-likeness (QED) is 0.520. The van der Waals surface area contributed by atoms with Crippen molar-refractivity contribution < 1.29 is 14.0 Å². The van der Waals surface area contributed by atoms with Gasteiger partial charge in [-0.2, -0.15) is 0 Å². The predicted octanol–water partition coefficient (Wildman–Crippen LogP) is 5.38. The van der Waals surface area contributed by atoms with Gasteiger partial charge in [0, 0.05) is 28.4 Å². The summed E-state index contributed by atoms with van der Waals surface area (Å²) < 4.78 is 14.4. The van der Waals surface area contributed by atoms with E-state index >= 15 is 0 Å². The Morgan fingerprint density at radius 3 is 2.66 bits per heavy atom. The molecule has 0 bridgehead atoms. The molecule has 0 aromatic heterocycles. The number of nitrogens with zero attached hydrogens (tertiary/aromatic N) is 2. The largest absolute Gasteiger partial charge is 0.311 e. The lowest BCUT2D eigenvalue weighted by molar-refractivity contribution is -0.123. The zero-order valence-corrected chi connectivity index (χ0v) is 18.9. The van der Waals surface area contributed by atoms with E-state index in [-0.39, 0.29) is 18.4 Å². The summed E-state index contributed by atoms with van der Waals surface area (Å²) in [5.41, 5.74) is 3.29. The van der Waals surface area contributed by atoms with Crippen LogP contribution < -0.4 is 4.90 Å². The molecule has 0 N–H and O–H groups in total. The van der Waals surface area contributed by atoms with Gasteiger partial charge in [-0.25, -0.2) is 4.39 Å². The lowest BCUT2D eigenvalue weighted by Gasteiger charge is -2.33. The molecule has 1 fully saturated rings. The second-order valence-corrected chi connectivity index (χ2v) is 9.60. The van der Waals surface area contributed by atoms with Gasteiger partial charge < -0.3 is 9.80 Å². The van der Waals surface area contributed by atoms with Crippen LogP contribution in [-0.2, 0) is 16.2 Å². The number of anilines is 1. The predicted molar refractivity (Wildman–Crippen MR) is 125 cm³/mol. The summed E-state index contributed by atoms with van der Waals surface area (Å²) in [6.45, 7) is 2.52. The number of carbonyl (C=O) groups is 2. The molecule has 2 aliphatic rings. The maximum atomic E-state index is 14.4. The number of aryl methyl sites for hydroxylation is 1. The summed E-state index contributed by atoms with van der Waals surface area (Å²) in [5, 5.41) is 0.553. The third kappa shape index (κ3) is 3.12. The summed E-state index contributed by atoms with van der Waals surface area (Å²) in [5.74, 6) is -0.329. The highest BCUT2D eigenvalue weighted by molar-refractivity contribution is 8.01. The van der Waals surface area contributed by atoms with Crippen LogP contribution in [0, 0.1) is 12.7 Å². The number of rotatable bonds is 3. The average Bonchev–Trinajstić information content (AvgIpc) is 3.32. The first kappa shape index (κ1) is 21.0. The fourth-order valence-electron chi connectivity index (χ4n) is 4.50. The molecule has 1 atom stereocenters. The Labute approximate surface area is 195 Å². The van der Waals surface area contributed by atoms with Crippen LogP contribution in [0.25, 0.3) is 0 Å². The summed E-state index contributed by atoms with van der Waals surface area (Å²) in [6, 6.07) is 19.0. The van der Waals surface area contributed by atoms with Crippen molar-refractivity contribution in [1.82, 2.24) is 4.90 Å². The van der Waals surface area contributed by atoms with Gasteiger partial charge in [-0.1, -0.05) is 48.0 Å². The molecule has 0 saturated carbocycles. The van der Waals surface area contributed by atoms with Gasteiger partial charge in [-0.05, 0) is 48.4 Å². The third-order valence-corrected chi connectivity index (χ3v) is 7.85. The molecule has 2 aliphatic heterocycles. The molecule has 4 nitrogen and oxygen atoms in total. The van der Waals surface area contributed by atoms with Crippen LogP contribution in [0.2, 0.25) is 5.02 Å². The van der Waals surface area contributed by atoms with Crippen molar-refractivity contribution >= 4 is 40.9 Å². The molecule has 32 heavy (non-hydrogen) atoms. The Morgan fingerprint density at radius 1 is 1.12 bits per heavy atom. The molecule has 1 spiro atoms. The van der Waals surface area contributed by atoms with Crippen molar-refractivity contribution in [2.24, 2.45) is 0 Å². The van der Waals surface area contributed by atoms with Crippen molar-refractivity contribution in [2.45, 2.75) is 18.3 Å². The third-order valence-electron chi connectivity index (χ3n) is 6.06. The van der Waals surface area contributed by atoms with E-state index in [9.17, 15) is 14.0 Å². The number of halogens is 2. The normalized spacial score (nSPS) is 19.7. The number of fused-ring (bicyclic) bond motifs is 2. The smallest absolute Gasteiger partial charge is 0.268 e. The van der Waals surface area contributed by atoms with Crippen LogP contribution in [0.4, 0.5) is 10.1 Å². The number of carbonyl (C=O) groups excluding carboxylic acids is 2. The number of thioether (sulfide) groups is 1. The Kier molecular flexibility index (Phi) is 5.22. The van der Waals surface area contributed by atoms with Gasteiger partial charge >= 0.3 is 0 Å². The Morgan fingerprint density at radius 2 is 1.88 bits per heavy atom. The Balaban J connectivity index is 1.63. The van der Waals surface area contributed by atoms with E-state index in [4.69, 9.17) is 11.6 Å². The van der Waals surface area contributed by atoms with Gasteiger partial charge in [0.1, 0.15) is 5.82 Å². The van der Waals surface area contributed by atoms with Gasteiger partial charge in [-0.15, -0.1) is 11.8 Å². The molecule has 7 heteroatoms. The summed E-state index contributed by atoms with van der Waals surface area (Å²) in [6.07, 6.45) is 0. The zero-order chi connectivity index (χ0) is 22.5. The van der Waals surface area contributed by atoms with Gasteiger partial charge in [0.2, 0.25) is 0 Å². The highest BCUT2D eigenvalue weighted by Crippen LogP contribution is 2.55. The first-order chi connectivity index (χ1) is 15.4. The molecule has 5 rings (SSSR count). The SMILES string of the molecule is Cc1ccccc1C(=O)N1CCSC12C(=O)N(Cc1ccccc1Cl)c1ccc(F)cc12. The number of benzene rings is 3. The van der Waals surface area contributed by atoms with Crippen LogP contribution in [0.5, 0.6) is 0 Å². The van der Waals surface area contributed by atoms with E-state index in [0.29, 0.717) is 34.1 Å². The lowest BCUT2D eigenvalue weighted by atomic mass is 10.0. The molecule has 0 aliphatic carbocycles. The minimum Gasteiger partial charge on any atom is -0.311 e. The van der Waals surface area contributed by atoms with E-state index in [1.807, 2.05) is 43.3 Å². The summed E-state index contributed by atoms with van der Waals surface area (Å²) in [7, 11) is 0. The fraction of sp³-hybridized carbons (Fsp3) is 0.200. The van der Waals surface area contributed by atoms with Gasteiger partial charge in [0.05, 0.1) is 12.2 Å². The molecule has 0 radical (unpaired) electrons. The van der Waals surface area contributed by atoms with Gasteiger partial charge in [0.25, 0.3) is 11.8 Å². The van der Waals surface area contributed by atoms with Crippen molar-refractivity contribution in [1.29, 1.82) is 0 Å². The minimum absolute atomic E-state index is 0.226. The Bertz CT molecular complexity index is 1250. The molecular formula is C25H20ClFN2O2S. The van der Waals surface area contributed by atoms with Gasteiger partial charge in [-0.3, -0.25) is 9.59 Å². The molecular weight excluding hydrogens is 447 g/mol. The average molecular weight is 467 g/mol. The zero-order valence-electron chi connectivity index (χ0n) is 17.3. The highest BCUT2D eigenvalue weighted by Gasteiger charge is 2.59. The molecule has 1 saturated heterocycles. The minimum atomic E-state index is -1.29. The fourth-order valence-corrected chi connectivity index (χ4v) is 6.15. The van der Waals surface area contributed by atoms with Crippen LogP contribution in [0.15, 0.2) is 66.7 Å². The van der Waals surface area contributed by atoms with Crippen molar-refractivity contribution in [3.63, 3.8) is 0 Å². The van der Waals surface area contributed by atoms with E-state index in [1.54, 1.807) is 28.0 Å². The maximum Gasteiger partial charge on any atom is 0.268 e. The maximum absolute atomic E-state index is 14.4. The molecule has 2 heterocycles. The molecule has 3 aromatic carbocycles. The molecule has 3 aromatic rings. The van der Waals surface area contributed by atoms with Crippen LogP contribution >= 0.6 is 23.4 Å². The Hall–Kier alpha value is -2.83. The lowest BCUT2D eigenvalue weighted by Crippen LogP contribution is -2.50. The van der Waals surface area contributed by atoms with Crippen LogP contribution in [-0.4, -0.2) is 29.0 Å². The van der Waals surface area contributed by atoms with E-state index < -0.39 is 10.7 Å². The number of hydrogen-bond acceptors (Lipinski definition) is 3. The number of amides is 2. The van der Waals surface area contributed by atoms with E-state index in [2.05, 4.69) is 0 Å². The van der Waals surface area contributed by atoms with E-state index in [0.717, 1.165) is 11.1 Å². The van der Waals surface area contributed by atoms with E-state index in [1.165, 1.54) is 23.9 Å². The molecule has 1 unspecified atom stereocenters. The van der Waals surface area contributed by atoms with Crippen LogP contribution in [0.1, 0.15) is 27.0 Å². The summed E-state index contributed by atoms with van der Waals surface area (Å²) in [4.78, 5) is 29.5. The topological polar surface area (TPSA) is 40.6 Å². The monoisotopic (exact) mass is 466 g/mol.